The van der Waals surface area contributed by atoms with E-state index in [1.165, 1.54) is 0 Å². The standard InChI is InChI=1S/C20H22BrN3O3S/c1-2-3-8-13-27-17-12-7-5-10-15(17)18(25)22-20(28)24-23-19(26)14-9-4-6-11-16(14)21/h4-7,9-12H,2-3,8,13H2,1H3,(H,23,26)(H2,22,24,25,28). The molecule has 6 nitrogen and oxygen atoms in total. The maximum atomic E-state index is 12.5. The zero-order valence-electron chi connectivity index (χ0n) is 15.5. The fourth-order valence-corrected chi connectivity index (χ4v) is 2.95. The third-order valence-electron chi connectivity index (χ3n) is 3.77. The molecule has 3 N–H and O–H groups in total. The molecule has 0 atom stereocenters. The molecule has 0 saturated carbocycles. The first-order valence-electron chi connectivity index (χ1n) is 8.91. The van der Waals surface area contributed by atoms with Crippen molar-refractivity contribution in [3.8, 4) is 5.75 Å². The number of benzene rings is 2. The van der Waals surface area contributed by atoms with Crippen LogP contribution >= 0.6 is 28.1 Å². The van der Waals surface area contributed by atoms with Crippen molar-refractivity contribution >= 4 is 45.1 Å². The van der Waals surface area contributed by atoms with Crippen LogP contribution in [0.4, 0.5) is 0 Å². The van der Waals surface area contributed by atoms with Gasteiger partial charge in [-0.3, -0.25) is 25.8 Å². The second-order valence-corrected chi connectivity index (χ2v) is 7.16. The van der Waals surface area contributed by atoms with Crippen molar-refractivity contribution in [3.05, 3.63) is 64.1 Å². The molecular weight excluding hydrogens is 442 g/mol. The summed E-state index contributed by atoms with van der Waals surface area (Å²) in [5, 5.41) is 2.51. The number of nitrogens with one attached hydrogen (secondary N) is 3. The molecule has 2 aromatic rings. The molecule has 0 unspecified atom stereocenters. The minimum absolute atomic E-state index is 0.0220. The van der Waals surface area contributed by atoms with Gasteiger partial charge in [-0.1, -0.05) is 44.0 Å². The Morgan fingerprint density at radius 3 is 2.36 bits per heavy atom. The zero-order valence-corrected chi connectivity index (χ0v) is 17.9. The van der Waals surface area contributed by atoms with E-state index in [1.807, 2.05) is 0 Å². The summed E-state index contributed by atoms with van der Waals surface area (Å²) in [7, 11) is 0. The van der Waals surface area contributed by atoms with Gasteiger partial charge in [-0.25, -0.2) is 0 Å². The van der Waals surface area contributed by atoms with Crippen molar-refractivity contribution in [2.24, 2.45) is 0 Å². The third kappa shape index (κ3) is 6.61. The monoisotopic (exact) mass is 463 g/mol. The smallest absolute Gasteiger partial charge is 0.270 e. The first kappa shape index (κ1) is 21.8. The molecule has 0 aliphatic heterocycles. The lowest BCUT2D eigenvalue weighted by Crippen LogP contribution is -2.48. The number of ether oxygens (including phenoxy) is 1. The molecule has 0 aliphatic rings. The lowest BCUT2D eigenvalue weighted by molar-refractivity contribution is 0.0933. The summed E-state index contributed by atoms with van der Waals surface area (Å²) < 4.78 is 6.36. The number of para-hydroxylation sites is 1. The second kappa shape index (κ2) is 11.4. The Hall–Kier alpha value is -2.45. The highest BCUT2D eigenvalue weighted by Gasteiger charge is 2.14. The van der Waals surface area contributed by atoms with Gasteiger partial charge in [0.1, 0.15) is 5.75 Å². The molecule has 0 heterocycles. The number of halogens is 1. The van der Waals surface area contributed by atoms with Crippen LogP contribution in [0, 0.1) is 0 Å². The van der Waals surface area contributed by atoms with E-state index in [0.717, 1.165) is 19.3 Å². The third-order valence-corrected chi connectivity index (χ3v) is 4.67. The largest absolute Gasteiger partial charge is 0.493 e. The molecular formula is C20H22BrN3O3S. The number of rotatable bonds is 7. The van der Waals surface area contributed by atoms with Gasteiger partial charge in [-0.2, -0.15) is 0 Å². The van der Waals surface area contributed by atoms with Crippen LogP contribution in [0.25, 0.3) is 0 Å². The number of thiocarbonyl (C=S) groups is 1. The van der Waals surface area contributed by atoms with Crippen molar-refractivity contribution in [2.75, 3.05) is 6.61 Å². The summed E-state index contributed by atoms with van der Waals surface area (Å²) in [5.41, 5.74) is 5.79. The fraction of sp³-hybridized carbons (Fsp3) is 0.250. The van der Waals surface area contributed by atoms with E-state index >= 15 is 0 Å². The Labute approximate surface area is 178 Å². The Kier molecular flexibility index (Phi) is 8.90. The predicted octanol–water partition coefficient (Wildman–Crippen LogP) is 3.97. The zero-order chi connectivity index (χ0) is 20.4. The van der Waals surface area contributed by atoms with Gasteiger partial charge in [0.2, 0.25) is 0 Å². The average Bonchev–Trinajstić information content (AvgIpc) is 2.70. The van der Waals surface area contributed by atoms with E-state index < -0.39 is 5.91 Å². The van der Waals surface area contributed by atoms with Gasteiger partial charge in [-0.05, 0) is 58.8 Å². The van der Waals surface area contributed by atoms with Crippen LogP contribution in [0.1, 0.15) is 46.9 Å². The Morgan fingerprint density at radius 1 is 0.964 bits per heavy atom. The molecule has 0 saturated heterocycles. The molecule has 148 valence electrons. The molecule has 2 amide bonds. The summed E-state index contributed by atoms with van der Waals surface area (Å²) in [6.07, 6.45) is 3.09. The highest BCUT2D eigenvalue weighted by Crippen LogP contribution is 2.18. The summed E-state index contributed by atoms with van der Waals surface area (Å²) in [5.74, 6) is -0.307. The molecule has 0 bridgehead atoms. The quantitative estimate of drug-likeness (QED) is 0.328. The van der Waals surface area contributed by atoms with E-state index in [2.05, 4.69) is 39.0 Å². The number of unbranched alkanes of at least 4 members (excludes halogenated alkanes) is 2. The predicted molar refractivity (Wildman–Crippen MR) is 116 cm³/mol. The number of carbonyl (C=O) groups is 2. The van der Waals surface area contributed by atoms with Gasteiger partial charge in [0.05, 0.1) is 17.7 Å². The second-order valence-electron chi connectivity index (χ2n) is 5.89. The highest BCUT2D eigenvalue weighted by atomic mass is 79.9. The highest BCUT2D eigenvalue weighted by molar-refractivity contribution is 9.10. The molecule has 0 spiro atoms. The van der Waals surface area contributed by atoms with Crippen LogP contribution in [0.3, 0.4) is 0 Å². The van der Waals surface area contributed by atoms with E-state index in [1.54, 1.807) is 48.5 Å². The van der Waals surface area contributed by atoms with Crippen LogP contribution in [0.2, 0.25) is 0 Å². The summed E-state index contributed by atoms with van der Waals surface area (Å²) >= 11 is 8.39. The van der Waals surface area contributed by atoms with Gasteiger partial charge in [0.25, 0.3) is 11.8 Å². The topological polar surface area (TPSA) is 79.5 Å². The van der Waals surface area contributed by atoms with Crippen LogP contribution < -0.4 is 20.9 Å². The molecule has 2 aromatic carbocycles. The van der Waals surface area contributed by atoms with Gasteiger partial charge in [0, 0.05) is 4.47 Å². The maximum Gasteiger partial charge on any atom is 0.270 e. The van der Waals surface area contributed by atoms with Gasteiger partial charge in [0.15, 0.2) is 5.11 Å². The number of amides is 2. The van der Waals surface area contributed by atoms with Crippen molar-refractivity contribution in [1.29, 1.82) is 0 Å². The van der Waals surface area contributed by atoms with E-state index in [9.17, 15) is 9.59 Å². The SMILES string of the molecule is CCCCCOc1ccccc1C(=O)NC(=S)NNC(=O)c1ccccc1Br. The number of hydrogen-bond acceptors (Lipinski definition) is 4. The van der Waals surface area contributed by atoms with Crippen LogP contribution in [-0.2, 0) is 0 Å². The van der Waals surface area contributed by atoms with Crippen molar-refractivity contribution in [1.82, 2.24) is 16.2 Å². The van der Waals surface area contributed by atoms with Gasteiger partial charge >= 0.3 is 0 Å². The van der Waals surface area contributed by atoms with Crippen LogP contribution in [-0.4, -0.2) is 23.5 Å². The summed E-state index contributed by atoms with van der Waals surface area (Å²) in [6.45, 7) is 2.66. The molecule has 0 radical (unpaired) electrons. The number of carbonyl (C=O) groups excluding carboxylic acids is 2. The van der Waals surface area contributed by atoms with Crippen molar-refractivity contribution in [3.63, 3.8) is 0 Å². The van der Waals surface area contributed by atoms with Gasteiger partial charge < -0.3 is 4.74 Å². The van der Waals surface area contributed by atoms with Crippen LogP contribution in [0.5, 0.6) is 5.75 Å². The molecule has 0 aliphatic carbocycles. The Morgan fingerprint density at radius 2 is 1.64 bits per heavy atom. The van der Waals surface area contributed by atoms with Crippen LogP contribution in [0.15, 0.2) is 53.0 Å². The maximum absolute atomic E-state index is 12.5. The fourth-order valence-electron chi connectivity index (χ4n) is 2.34. The number of hydrazine groups is 1. The lowest BCUT2D eigenvalue weighted by Gasteiger charge is -2.13. The Bertz CT molecular complexity index is 845. The van der Waals surface area contributed by atoms with Gasteiger partial charge in [-0.15, -0.1) is 0 Å². The minimum atomic E-state index is -0.418. The molecule has 0 aromatic heterocycles. The summed E-state index contributed by atoms with van der Waals surface area (Å²) in [6, 6.07) is 13.9. The van der Waals surface area contributed by atoms with E-state index in [4.69, 9.17) is 17.0 Å². The molecule has 8 heteroatoms. The minimum Gasteiger partial charge on any atom is -0.493 e. The van der Waals surface area contributed by atoms with E-state index in [-0.39, 0.29) is 11.0 Å². The molecule has 28 heavy (non-hydrogen) atoms. The summed E-state index contributed by atoms with van der Waals surface area (Å²) in [4.78, 5) is 24.7. The Balaban J connectivity index is 1.89. The first-order chi connectivity index (χ1) is 13.5. The lowest BCUT2D eigenvalue weighted by atomic mass is 10.2. The van der Waals surface area contributed by atoms with Crippen molar-refractivity contribution in [2.45, 2.75) is 26.2 Å². The normalized spacial score (nSPS) is 10.1. The molecule has 2 rings (SSSR count). The molecule has 0 fully saturated rings. The first-order valence-corrected chi connectivity index (χ1v) is 10.1. The number of hydrogen-bond donors (Lipinski definition) is 3. The van der Waals surface area contributed by atoms with E-state index in [0.29, 0.717) is 28.0 Å². The average molecular weight is 464 g/mol. The van der Waals surface area contributed by atoms with Crippen molar-refractivity contribution < 1.29 is 14.3 Å².